The second-order valence-corrected chi connectivity index (χ2v) is 5.84. The summed E-state index contributed by atoms with van der Waals surface area (Å²) in [5, 5.41) is 0. The Kier molecular flexibility index (Phi) is 7.34. The minimum atomic E-state index is -0.645. The summed E-state index contributed by atoms with van der Waals surface area (Å²) >= 11 is 0. The first kappa shape index (κ1) is 18.1. The van der Waals surface area contributed by atoms with Crippen molar-refractivity contribution in [3.63, 3.8) is 0 Å². The quantitative estimate of drug-likeness (QED) is 0.335. The molecule has 24 heavy (non-hydrogen) atoms. The Morgan fingerprint density at radius 1 is 0.958 bits per heavy atom. The first-order valence-electron chi connectivity index (χ1n) is 8.75. The van der Waals surface area contributed by atoms with E-state index in [2.05, 4.69) is 6.92 Å². The fourth-order valence-electron chi connectivity index (χ4n) is 2.66. The van der Waals surface area contributed by atoms with E-state index in [4.69, 9.17) is 9.47 Å². The lowest BCUT2D eigenvalue weighted by molar-refractivity contribution is 0.0558. The molecule has 0 fully saturated rings. The Balaban J connectivity index is 1.99. The van der Waals surface area contributed by atoms with Gasteiger partial charge < -0.3 is 9.47 Å². The van der Waals surface area contributed by atoms with Gasteiger partial charge in [0.1, 0.15) is 11.9 Å². The highest BCUT2D eigenvalue weighted by atomic mass is 16.7. The lowest BCUT2D eigenvalue weighted by atomic mass is 10.1. The van der Waals surface area contributed by atoms with Crippen LogP contribution < -0.4 is 4.74 Å². The van der Waals surface area contributed by atoms with Crippen molar-refractivity contribution < 1.29 is 14.3 Å². The van der Waals surface area contributed by atoms with Crippen LogP contribution in [-0.2, 0) is 11.2 Å². The highest BCUT2D eigenvalue weighted by Gasteiger charge is 2.17. The van der Waals surface area contributed by atoms with Crippen LogP contribution >= 0.6 is 0 Å². The number of ether oxygens (including phenoxy) is 2. The number of carbonyl (C=O) groups is 1. The maximum Gasteiger partial charge on any atom is 0.514 e. The molecule has 2 rings (SSSR count). The number of benzene rings is 2. The molecule has 0 aliphatic heterocycles. The zero-order valence-corrected chi connectivity index (χ0v) is 14.5. The molecule has 0 radical (unpaired) electrons. The SMILES string of the molecule is CCCCCc1ccccc1OC(=O)OC(CC)c1ccccc1. The minimum absolute atomic E-state index is 0.286. The molecule has 0 aromatic heterocycles. The van der Waals surface area contributed by atoms with Crippen LogP contribution in [0.1, 0.15) is 56.8 Å². The van der Waals surface area contributed by atoms with E-state index in [1.54, 1.807) is 0 Å². The highest BCUT2D eigenvalue weighted by molar-refractivity contribution is 5.65. The standard InChI is InChI=1S/C21H26O3/c1-3-5-7-12-18-15-10-11-16-20(18)24-21(22)23-19(4-2)17-13-8-6-9-14-17/h6,8-11,13-16,19H,3-5,7,12H2,1-2H3. The summed E-state index contributed by atoms with van der Waals surface area (Å²) in [6.07, 6.45) is 4.11. The van der Waals surface area contributed by atoms with Crippen LogP contribution in [0.4, 0.5) is 4.79 Å². The molecule has 1 unspecified atom stereocenters. The van der Waals surface area contributed by atoms with Crippen LogP contribution in [0.3, 0.4) is 0 Å². The van der Waals surface area contributed by atoms with Crippen LogP contribution in [0.5, 0.6) is 5.75 Å². The molecule has 0 N–H and O–H groups in total. The summed E-state index contributed by atoms with van der Waals surface area (Å²) in [4.78, 5) is 12.2. The fourth-order valence-corrected chi connectivity index (χ4v) is 2.66. The van der Waals surface area contributed by atoms with Gasteiger partial charge in [0.05, 0.1) is 0 Å². The second kappa shape index (κ2) is 9.76. The molecular weight excluding hydrogens is 300 g/mol. The van der Waals surface area contributed by atoms with Crippen molar-refractivity contribution in [2.24, 2.45) is 0 Å². The van der Waals surface area contributed by atoms with Crippen molar-refractivity contribution in [3.05, 3.63) is 65.7 Å². The number of rotatable bonds is 8. The molecule has 3 heteroatoms. The van der Waals surface area contributed by atoms with Gasteiger partial charge in [-0.15, -0.1) is 0 Å². The van der Waals surface area contributed by atoms with E-state index in [0.717, 1.165) is 24.0 Å². The van der Waals surface area contributed by atoms with Gasteiger partial charge in [0.2, 0.25) is 0 Å². The summed E-state index contributed by atoms with van der Waals surface area (Å²) in [6, 6.07) is 17.4. The molecule has 0 amide bonds. The van der Waals surface area contributed by atoms with E-state index in [9.17, 15) is 4.79 Å². The fraction of sp³-hybridized carbons (Fsp3) is 0.381. The van der Waals surface area contributed by atoms with E-state index in [1.807, 2.05) is 61.5 Å². The van der Waals surface area contributed by atoms with Crippen molar-refractivity contribution in [2.75, 3.05) is 0 Å². The second-order valence-electron chi connectivity index (χ2n) is 5.84. The van der Waals surface area contributed by atoms with Gasteiger partial charge >= 0.3 is 6.16 Å². The molecule has 128 valence electrons. The maximum absolute atomic E-state index is 12.2. The zero-order valence-electron chi connectivity index (χ0n) is 14.5. The minimum Gasteiger partial charge on any atom is -0.426 e. The number of hydrogen-bond acceptors (Lipinski definition) is 3. The van der Waals surface area contributed by atoms with Crippen LogP contribution in [0.25, 0.3) is 0 Å². The molecular formula is C21H26O3. The first-order chi connectivity index (χ1) is 11.7. The summed E-state index contributed by atoms with van der Waals surface area (Å²) in [7, 11) is 0. The Morgan fingerprint density at radius 2 is 1.67 bits per heavy atom. The van der Waals surface area contributed by atoms with Crippen molar-refractivity contribution in [3.8, 4) is 5.75 Å². The predicted octanol–water partition coefficient (Wildman–Crippen LogP) is 6.09. The van der Waals surface area contributed by atoms with Crippen molar-refractivity contribution in [1.82, 2.24) is 0 Å². The lowest BCUT2D eigenvalue weighted by Crippen LogP contribution is -2.15. The Hall–Kier alpha value is -2.29. The van der Waals surface area contributed by atoms with Crippen LogP contribution in [-0.4, -0.2) is 6.16 Å². The Bertz CT molecular complexity index is 622. The van der Waals surface area contributed by atoms with Gasteiger partial charge in [-0.05, 0) is 36.5 Å². The summed E-state index contributed by atoms with van der Waals surface area (Å²) in [5.74, 6) is 0.599. The molecule has 0 spiro atoms. The monoisotopic (exact) mass is 326 g/mol. The van der Waals surface area contributed by atoms with Gasteiger partial charge in [-0.2, -0.15) is 0 Å². The van der Waals surface area contributed by atoms with Crippen molar-refractivity contribution in [1.29, 1.82) is 0 Å². The van der Waals surface area contributed by atoms with Gasteiger partial charge in [-0.1, -0.05) is 75.2 Å². The largest absolute Gasteiger partial charge is 0.514 e. The Labute approximate surface area is 144 Å². The molecule has 2 aromatic carbocycles. The third-order valence-electron chi connectivity index (χ3n) is 4.00. The average molecular weight is 326 g/mol. The highest BCUT2D eigenvalue weighted by Crippen LogP contribution is 2.24. The Morgan fingerprint density at radius 3 is 2.38 bits per heavy atom. The maximum atomic E-state index is 12.2. The van der Waals surface area contributed by atoms with Gasteiger partial charge in [0, 0.05) is 0 Å². The van der Waals surface area contributed by atoms with E-state index in [0.29, 0.717) is 12.2 Å². The number of hydrogen-bond donors (Lipinski definition) is 0. The molecule has 3 nitrogen and oxygen atoms in total. The molecule has 0 saturated heterocycles. The average Bonchev–Trinajstić information content (AvgIpc) is 2.62. The molecule has 2 aromatic rings. The topological polar surface area (TPSA) is 35.5 Å². The first-order valence-corrected chi connectivity index (χ1v) is 8.75. The number of aryl methyl sites for hydroxylation is 1. The molecule has 0 aliphatic carbocycles. The van der Waals surface area contributed by atoms with Gasteiger partial charge in [-0.25, -0.2) is 4.79 Å². The van der Waals surface area contributed by atoms with Gasteiger partial charge in [0.15, 0.2) is 0 Å². The smallest absolute Gasteiger partial charge is 0.426 e. The van der Waals surface area contributed by atoms with E-state index in [1.165, 1.54) is 12.8 Å². The van der Waals surface area contributed by atoms with Crippen LogP contribution in [0, 0.1) is 0 Å². The predicted molar refractivity (Wildman–Crippen MR) is 96.3 cm³/mol. The number of unbranched alkanes of at least 4 members (excludes halogenated alkanes) is 2. The van der Waals surface area contributed by atoms with Crippen molar-refractivity contribution in [2.45, 2.75) is 52.1 Å². The van der Waals surface area contributed by atoms with E-state index in [-0.39, 0.29) is 6.10 Å². The number of carbonyl (C=O) groups excluding carboxylic acids is 1. The molecule has 0 bridgehead atoms. The van der Waals surface area contributed by atoms with Crippen molar-refractivity contribution >= 4 is 6.16 Å². The normalized spacial score (nSPS) is 11.8. The molecule has 0 saturated carbocycles. The molecule has 0 heterocycles. The van der Waals surface area contributed by atoms with Crippen LogP contribution in [0.15, 0.2) is 54.6 Å². The number of para-hydroxylation sites is 1. The lowest BCUT2D eigenvalue weighted by Gasteiger charge is -2.17. The third-order valence-corrected chi connectivity index (χ3v) is 4.00. The van der Waals surface area contributed by atoms with Gasteiger partial charge in [0.25, 0.3) is 0 Å². The summed E-state index contributed by atoms with van der Waals surface area (Å²) in [6.45, 7) is 4.16. The summed E-state index contributed by atoms with van der Waals surface area (Å²) in [5.41, 5.74) is 2.03. The third kappa shape index (κ3) is 5.41. The molecule has 0 aliphatic rings. The van der Waals surface area contributed by atoms with Gasteiger partial charge in [-0.3, -0.25) is 0 Å². The summed E-state index contributed by atoms with van der Waals surface area (Å²) < 4.78 is 11.0. The van der Waals surface area contributed by atoms with Crippen LogP contribution in [0.2, 0.25) is 0 Å². The van der Waals surface area contributed by atoms with E-state index >= 15 is 0 Å². The zero-order chi connectivity index (χ0) is 17.2. The van der Waals surface area contributed by atoms with E-state index < -0.39 is 6.16 Å². The molecule has 1 atom stereocenters.